The number of nitrogens with zero attached hydrogens (tertiary/aromatic N) is 2. The van der Waals surface area contributed by atoms with E-state index in [2.05, 4.69) is 5.32 Å². The zero-order valence-electron chi connectivity index (χ0n) is 27.2. The Morgan fingerprint density at radius 2 is 1.43 bits per heavy atom. The van der Waals surface area contributed by atoms with E-state index in [1.54, 1.807) is 20.2 Å². The van der Waals surface area contributed by atoms with Gasteiger partial charge in [-0.2, -0.15) is 13.2 Å². The molecular weight excluding hydrogens is 583 g/mol. The minimum Gasteiger partial charge on any atom is -0.478 e. The van der Waals surface area contributed by atoms with E-state index < -0.39 is 47.1 Å². The van der Waals surface area contributed by atoms with E-state index >= 15 is 0 Å². The second-order valence-corrected chi connectivity index (χ2v) is 12.6. The smallest absolute Gasteiger partial charge is 0.478 e. The number of likely N-dealkylation sites (N-methyl/N-ethyl adjacent to an activating group) is 2. The number of benzene rings is 1. The molecule has 0 radical (unpaired) electrons. The molecule has 0 bridgehead atoms. The molecule has 250 valence electrons. The third kappa shape index (κ3) is 11.9. The maximum atomic E-state index is 13.9. The predicted molar refractivity (Wildman–Crippen MR) is 161 cm³/mol. The standard InChI is InChI=1S/C29H47N3O5.C2HF3O2/c1-19(2)22(18-20(3)27(36)37)32(10)26(35)23(28(4,5)6)30-25(34)24(31(9)16-17-33)29(7,8)21-14-12-11-13-15-21;3-2(4,5)1(6)7/h11-15,18-19,22-24,33H,16-17H2,1-10H3,(H,30,34)(H,36,37);(H,6,7)/b20-18+;/t22-,23-,24-;/m1./s1. The lowest BCUT2D eigenvalue weighted by molar-refractivity contribution is -0.192. The summed E-state index contributed by atoms with van der Waals surface area (Å²) in [6.45, 7) is 15.2. The van der Waals surface area contributed by atoms with Crippen LogP contribution in [0.5, 0.6) is 0 Å². The van der Waals surface area contributed by atoms with Gasteiger partial charge in [0.2, 0.25) is 11.8 Å². The first-order valence-electron chi connectivity index (χ1n) is 14.1. The molecule has 1 rings (SSSR count). The summed E-state index contributed by atoms with van der Waals surface area (Å²) < 4.78 is 31.7. The van der Waals surface area contributed by atoms with Gasteiger partial charge in [-0.1, -0.05) is 84.9 Å². The summed E-state index contributed by atoms with van der Waals surface area (Å²) in [5.74, 6) is -4.45. The number of carbonyl (C=O) groups is 4. The number of carbonyl (C=O) groups excluding carboxylic acids is 2. The monoisotopic (exact) mass is 631 g/mol. The average Bonchev–Trinajstić information content (AvgIpc) is 2.89. The molecule has 0 aliphatic rings. The largest absolute Gasteiger partial charge is 0.490 e. The number of carboxylic acids is 2. The number of aliphatic carboxylic acids is 2. The Hall–Kier alpha value is -3.45. The lowest BCUT2D eigenvalue weighted by Crippen LogP contribution is -2.62. The van der Waals surface area contributed by atoms with Gasteiger partial charge in [-0.05, 0) is 30.9 Å². The second-order valence-electron chi connectivity index (χ2n) is 12.6. The first-order valence-corrected chi connectivity index (χ1v) is 14.1. The highest BCUT2D eigenvalue weighted by atomic mass is 19.4. The van der Waals surface area contributed by atoms with Crippen LogP contribution in [0.1, 0.15) is 61.0 Å². The molecule has 4 N–H and O–H groups in total. The van der Waals surface area contributed by atoms with Gasteiger partial charge in [0, 0.05) is 24.6 Å². The van der Waals surface area contributed by atoms with E-state index in [-0.39, 0.29) is 36.5 Å². The lowest BCUT2D eigenvalue weighted by Gasteiger charge is -2.42. The van der Waals surface area contributed by atoms with E-state index in [1.165, 1.54) is 11.8 Å². The van der Waals surface area contributed by atoms with Gasteiger partial charge < -0.3 is 25.5 Å². The molecule has 0 aliphatic carbocycles. The van der Waals surface area contributed by atoms with Crippen LogP contribution in [0.4, 0.5) is 13.2 Å². The molecule has 0 unspecified atom stereocenters. The average molecular weight is 632 g/mol. The Labute approximate surface area is 257 Å². The number of aliphatic hydroxyl groups is 1. The number of aliphatic hydroxyl groups excluding tert-OH is 1. The SMILES string of the molecule is C/C(=C\[C@H](C(C)C)N(C)C(=O)[C@@H](NC(=O)[C@@H](N(C)CCO)C(C)(C)c1ccccc1)C(C)(C)C)C(=O)O.O=C(O)C(F)(F)F. The fourth-order valence-corrected chi connectivity index (χ4v) is 4.69. The molecule has 0 saturated carbocycles. The Kier molecular flexibility index (Phi) is 15.3. The highest BCUT2D eigenvalue weighted by Crippen LogP contribution is 2.31. The third-order valence-corrected chi connectivity index (χ3v) is 7.22. The first-order chi connectivity index (χ1) is 19.9. The summed E-state index contributed by atoms with van der Waals surface area (Å²) in [7, 11) is 3.44. The molecule has 0 fully saturated rings. The normalized spacial score (nSPS) is 14.7. The Bertz CT molecular complexity index is 1150. The highest BCUT2D eigenvalue weighted by Gasteiger charge is 2.43. The van der Waals surface area contributed by atoms with E-state index in [0.29, 0.717) is 0 Å². The fourth-order valence-electron chi connectivity index (χ4n) is 4.69. The summed E-state index contributed by atoms with van der Waals surface area (Å²) in [6, 6.07) is 7.72. The van der Waals surface area contributed by atoms with Crippen molar-refractivity contribution in [2.24, 2.45) is 11.3 Å². The van der Waals surface area contributed by atoms with Crippen LogP contribution in [-0.2, 0) is 24.6 Å². The van der Waals surface area contributed by atoms with Gasteiger partial charge in [-0.25, -0.2) is 9.59 Å². The van der Waals surface area contributed by atoms with Gasteiger partial charge in [-0.15, -0.1) is 0 Å². The number of hydrogen-bond acceptors (Lipinski definition) is 6. The van der Waals surface area contributed by atoms with E-state index in [1.807, 2.05) is 83.7 Å². The van der Waals surface area contributed by atoms with Gasteiger partial charge in [0.05, 0.1) is 18.7 Å². The number of halogens is 3. The maximum absolute atomic E-state index is 13.9. The number of amides is 2. The van der Waals surface area contributed by atoms with Crippen LogP contribution in [-0.4, -0.2) is 100 Å². The summed E-state index contributed by atoms with van der Waals surface area (Å²) in [5.41, 5.74) is -0.130. The van der Waals surface area contributed by atoms with Crippen LogP contribution in [0.2, 0.25) is 0 Å². The van der Waals surface area contributed by atoms with Crippen LogP contribution >= 0.6 is 0 Å². The Balaban J connectivity index is 0.00000234. The second kappa shape index (κ2) is 16.6. The Morgan fingerprint density at radius 1 is 0.955 bits per heavy atom. The zero-order chi connectivity index (χ0) is 34.8. The molecule has 1 aromatic carbocycles. The van der Waals surface area contributed by atoms with Gasteiger partial charge in [0.25, 0.3) is 0 Å². The van der Waals surface area contributed by atoms with Crippen molar-refractivity contribution >= 4 is 23.8 Å². The molecular formula is C31H48F3N3O7. The van der Waals surface area contributed by atoms with Gasteiger partial charge in [0.15, 0.2) is 0 Å². The molecule has 2 amide bonds. The summed E-state index contributed by atoms with van der Waals surface area (Å²) in [4.78, 5) is 51.5. The van der Waals surface area contributed by atoms with Crippen molar-refractivity contribution in [1.29, 1.82) is 0 Å². The molecule has 13 heteroatoms. The van der Waals surface area contributed by atoms with Crippen LogP contribution in [0.3, 0.4) is 0 Å². The molecule has 10 nitrogen and oxygen atoms in total. The minimum atomic E-state index is -5.08. The molecule has 0 aliphatic heterocycles. The summed E-state index contributed by atoms with van der Waals surface area (Å²) >= 11 is 0. The fraction of sp³-hybridized carbons (Fsp3) is 0.613. The first kappa shape index (κ1) is 40.5. The van der Waals surface area contributed by atoms with Gasteiger partial charge in [-0.3, -0.25) is 14.5 Å². The lowest BCUT2D eigenvalue weighted by atomic mass is 9.76. The number of nitrogens with one attached hydrogen (secondary N) is 1. The van der Waals surface area contributed by atoms with E-state index in [4.69, 9.17) is 9.90 Å². The number of hydrogen-bond donors (Lipinski definition) is 4. The van der Waals surface area contributed by atoms with Crippen molar-refractivity contribution in [3.63, 3.8) is 0 Å². The van der Waals surface area contributed by atoms with E-state index in [0.717, 1.165) is 5.56 Å². The quantitative estimate of drug-likeness (QED) is 0.254. The molecule has 3 atom stereocenters. The molecule has 0 aromatic heterocycles. The highest BCUT2D eigenvalue weighted by molar-refractivity contribution is 5.91. The molecule has 1 aromatic rings. The van der Waals surface area contributed by atoms with Crippen LogP contribution < -0.4 is 5.32 Å². The number of alkyl halides is 3. The van der Waals surface area contributed by atoms with Crippen molar-refractivity contribution in [3.8, 4) is 0 Å². The zero-order valence-corrected chi connectivity index (χ0v) is 27.2. The maximum Gasteiger partial charge on any atom is 0.490 e. The molecule has 44 heavy (non-hydrogen) atoms. The summed E-state index contributed by atoms with van der Waals surface area (Å²) in [6.07, 6.45) is -3.50. The number of rotatable bonds is 12. The van der Waals surface area contributed by atoms with Crippen LogP contribution in [0.15, 0.2) is 42.0 Å². The van der Waals surface area contributed by atoms with Gasteiger partial charge in [0.1, 0.15) is 6.04 Å². The molecule has 0 saturated heterocycles. The van der Waals surface area contributed by atoms with Crippen molar-refractivity contribution < 1.29 is 47.7 Å². The van der Waals surface area contributed by atoms with Gasteiger partial charge >= 0.3 is 18.1 Å². The topological polar surface area (TPSA) is 147 Å². The molecule has 0 heterocycles. The van der Waals surface area contributed by atoms with Crippen molar-refractivity contribution in [3.05, 3.63) is 47.5 Å². The number of carboxylic acid groups (broad SMARTS) is 2. The van der Waals surface area contributed by atoms with Crippen molar-refractivity contribution in [2.75, 3.05) is 27.2 Å². The molecule has 0 spiro atoms. The van der Waals surface area contributed by atoms with Crippen LogP contribution in [0.25, 0.3) is 0 Å². The minimum absolute atomic E-state index is 0.0416. The van der Waals surface area contributed by atoms with Crippen molar-refractivity contribution in [2.45, 2.75) is 85.1 Å². The predicted octanol–water partition coefficient (Wildman–Crippen LogP) is 3.94. The van der Waals surface area contributed by atoms with Crippen molar-refractivity contribution in [1.82, 2.24) is 15.1 Å². The van der Waals surface area contributed by atoms with E-state index in [9.17, 15) is 37.8 Å². The van der Waals surface area contributed by atoms with Crippen LogP contribution in [0, 0.1) is 11.3 Å². The third-order valence-electron chi connectivity index (χ3n) is 7.22. The Morgan fingerprint density at radius 3 is 1.80 bits per heavy atom. The summed E-state index contributed by atoms with van der Waals surface area (Å²) in [5, 5.41) is 29.1.